The van der Waals surface area contributed by atoms with Crippen LogP contribution in [0.1, 0.15) is 33.6 Å². The molecular weight excluding hydrogens is 213 g/mol. The van der Waals surface area contributed by atoms with Gasteiger partial charge in [0.25, 0.3) is 0 Å². The van der Waals surface area contributed by atoms with Crippen LogP contribution in [0.5, 0.6) is 0 Å². The van der Waals surface area contributed by atoms with Gasteiger partial charge in [-0.2, -0.15) is 0 Å². The van der Waals surface area contributed by atoms with Gasteiger partial charge in [0.15, 0.2) is 0 Å². The molecule has 2 atom stereocenters. The molecular formula is C11H20FNO3. The van der Waals surface area contributed by atoms with Crippen molar-refractivity contribution in [3.8, 4) is 0 Å². The van der Waals surface area contributed by atoms with E-state index in [1.54, 1.807) is 20.8 Å². The van der Waals surface area contributed by atoms with Crippen molar-refractivity contribution in [1.82, 2.24) is 4.90 Å². The fourth-order valence-electron chi connectivity index (χ4n) is 1.72. The number of piperidine rings is 1. The molecule has 0 saturated carbocycles. The maximum atomic E-state index is 13.2. The van der Waals surface area contributed by atoms with Crippen molar-refractivity contribution in [2.45, 2.75) is 51.4 Å². The van der Waals surface area contributed by atoms with Gasteiger partial charge in [0.05, 0.1) is 19.2 Å². The Kier molecular flexibility index (Phi) is 4.13. The summed E-state index contributed by atoms with van der Waals surface area (Å²) >= 11 is 0. The summed E-state index contributed by atoms with van der Waals surface area (Å²) in [4.78, 5) is 13.0. The molecule has 94 valence electrons. The van der Waals surface area contributed by atoms with Crippen LogP contribution >= 0.6 is 0 Å². The first-order valence-electron chi connectivity index (χ1n) is 5.58. The van der Waals surface area contributed by atoms with E-state index in [4.69, 9.17) is 9.84 Å². The second kappa shape index (κ2) is 4.99. The van der Waals surface area contributed by atoms with E-state index in [9.17, 15) is 9.18 Å². The molecule has 0 unspecified atom stereocenters. The molecule has 0 spiro atoms. The van der Waals surface area contributed by atoms with E-state index >= 15 is 0 Å². The Morgan fingerprint density at radius 3 is 2.62 bits per heavy atom. The van der Waals surface area contributed by atoms with Gasteiger partial charge < -0.3 is 9.84 Å². The van der Waals surface area contributed by atoms with Gasteiger partial charge in [0.2, 0.25) is 0 Å². The van der Waals surface area contributed by atoms with Crippen LogP contribution in [-0.2, 0) is 4.74 Å². The van der Waals surface area contributed by atoms with Crippen molar-refractivity contribution in [1.29, 1.82) is 0 Å². The predicted molar refractivity (Wildman–Crippen MR) is 57.9 cm³/mol. The summed E-state index contributed by atoms with van der Waals surface area (Å²) in [5.41, 5.74) is -0.597. The molecule has 0 aromatic rings. The Hall–Kier alpha value is -0.840. The van der Waals surface area contributed by atoms with Crippen molar-refractivity contribution < 1.29 is 19.0 Å². The molecule has 0 aliphatic carbocycles. The van der Waals surface area contributed by atoms with E-state index in [0.717, 1.165) is 0 Å². The maximum Gasteiger partial charge on any atom is 0.410 e. The maximum absolute atomic E-state index is 13.2. The predicted octanol–water partition coefficient (Wildman–Crippen LogP) is 1.72. The molecule has 0 aromatic heterocycles. The van der Waals surface area contributed by atoms with Gasteiger partial charge in [-0.05, 0) is 33.6 Å². The number of hydrogen-bond acceptors (Lipinski definition) is 3. The molecule has 1 N–H and O–H groups in total. The SMILES string of the molecule is CC(C)(C)OC(=O)N1C[C@@H](F)CC[C@@H]1CO. The highest BCUT2D eigenvalue weighted by Crippen LogP contribution is 2.21. The lowest BCUT2D eigenvalue weighted by Gasteiger charge is -2.37. The number of nitrogens with zero attached hydrogens (tertiary/aromatic N) is 1. The summed E-state index contributed by atoms with van der Waals surface area (Å²) in [6, 6.07) is -0.318. The molecule has 0 radical (unpaired) electrons. The topological polar surface area (TPSA) is 49.8 Å². The zero-order chi connectivity index (χ0) is 12.3. The zero-order valence-electron chi connectivity index (χ0n) is 10.1. The largest absolute Gasteiger partial charge is 0.444 e. The van der Waals surface area contributed by atoms with Crippen LogP contribution in [0.25, 0.3) is 0 Å². The molecule has 1 aliphatic heterocycles. The number of rotatable bonds is 1. The Labute approximate surface area is 95.4 Å². The number of amides is 1. The minimum absolute atomic E-state index is 0.0140. The van der Waals surface area contributed by atoms with E-state index < -0.39 is 17.9 Å². The molecule has 1 amide bonds. The van der Waals surface area contributed by atoms with Gasteiger partial charge in [0, 0.05) is 0 Å². The van der Waals surface area contributed by atoms with Crippen molar-refractivity contribution in [3.63, 3.8) is 0 Å². The molecule has 0 bridgehead atoms. The van der Waals surface area contributed by atoms with Crippen LogP contribution in [-0.4, -0.2) is 47.1 Å². The van der Waals surface area contributed by atoms with Gasteiger partial charge in [0.1, 0.15) is 11.8 Å². The quantitative estimate of drug-likeness (QED) is 0.750. The highest BCUT2D eigenvalue weighted by atomic mass is 19.1. The van der Waals surface area contributed by atoms with Crippen molar-refractivity contribution in [2.24, 2.45) is 0 Å². The molecule has 16 heavy (non-hydrogen) atoms. The van der Waals surface area contributed by atoms with Crippen LogP contribution in [0.15, 0.2) is 0 Å². The minimum atomic E-state index is -1.02. The Morgan fingerprint density at radius 1 is 1.50 bits per heavy atom. The van der Waals surface area contributed by atoms with Crippen LogP contribution in [0.4, 0.5) is 9.18 Å². The lowest BCUT2D eigenvalue weighted by Crippen LogP contribution is -2.50. The van der Waals surface area contributed by atoms with E-state index in [-0.39, 0.29) is 19.2 Å². The van der Waals surface area contributed by atoms with Crippen molar-refractivity contribution >= 4 is 6.09 Å². The van der Waals surface area contributed by atoms with Crippen molar-refractivity contribution in [3.05, 3.63) is 0 Å². The zero-order valence-corrected chi connectivity index (χ0v) is 10.1. The van der Waals surface area contributed by atoms with Gasteiger partial charge in [-0.1, -0.05) is 0 Å². The summed E-state index contributed by atoms with van der Waals surface area (Å²) in [5, 5.41) is 9.12. The van der Waals surface area contributed by atoms with E-state index in [1.165, 1.54) is 4.90 Å². The van der Waals surface area contributed by atoms with E-state index in [1.807, 2.05) is 0 Å². The smallest absolute Gasteiger partial charge is 0.410 e. The Morgan fingerprint density at radius 2 is 2.12 bits per heavy atom. The van der Waals surface area contributed by atoms with E-state index in [2.05, 4.69) is 0 Å². The summed E-state index contributed by atoms with van der Waals surface area (Å²) in [6.07, 6.45) is -0.689. The van der Waals surface area contributed by atoms with Gasteiger partial charge in [-0.15, -0.1) is 0 Å². The highest BCUT2D eigenvalue weighted by molar-refractivity contribution is 5.68. The summed E-state index contributed by atoms with van der Waals surface area (Å²) < 4.78 is 18.4. The lowest BCUT2D eigenvalue weighted by atomic mass is 10.0. The number of aliphatic hydroxyl groups is 1. The number of alkyl halides is 1. The first kappa shape index (κ1) is 13.2. The third-order valence-corrected chi connectivity index (χ3v) is 2.49. The van der Waals surface area contributed by atoms with Crippen molar-refractivity contribution in [2.75, 3.05) is 13.2 Å². The number of ether oxygens (including phenoxy) is 1. The molecule has 1 rings (SSSR count). The summed E-state index contributed by atoms with van der Waals surface area (Å²) in [6.45, 7) is 5.15. The van der Waals surface area contributed by atoms with Gasteiger partial charge in [-0.3, -0.25) is 4.90 Å². The van der Waals surface area contributed by atoms with Crippen LogP contribution in [0.3, 0.4) is 0 Å². The molecule has 5 heteroatoms. The fourth-order valence-corrected chi connectivity index (χ4v) is 1.72. The number of hydrogen-bond donors (Lipinski definition) is 1. The Balaban J connectivity index is 2.63. The Bertz CT molecular complexity index is 252. The minimum Gasteiger partial charge on any atom is -0.444 e. The molecule has 1 heterocycles. The normalized spacial score (nSPS) is 26.7. The highest BCUT2D eigenvalue weighted by Gasteiger charge is 2.33. The average molecular weight is 233 g/mol. The third kappa shape index (κ3) is 3.63. The first-order valence-corrected chi connectivity index (χ1v) is 5.58. The second-order valence-corrected chi connectivity index (χ2v) is 5.14. The fraction of sp³-hybridized carbons (Fsp3) is 0.909. The molecule has 0 aromatic carbocycles. The number of aliphatic hydroxyl groups excluding tert-OH is 1. The molecule has 4 nitrogen and oxygen atoms in total. The van der Waals surface area contributed by atoms with Crippen LogP contribution in [0.2, 0.25) is 0 Å². The first-order chi connectivity index (χ1) is 7.33. The van der Waals surface area contributed by atoms with Gasteiger partial charge >= 0.3 is 6.09 Å². The monoisotopic (exact) mass is 233 g/mol. The van der Waals surface area contributed by atoms with Crippen LogP contribution in [0, 0.1) is 0 Å². The summed E-state index contributed by atoms with van der Waals surface area (Å²) in [7, 11) is 0. The molecule has 1 aliphatic rings. The number of carbonyl (C=O) groups excluding carboxylic acids is 1. The third-order valence-electron chi connectivity index (χ3n) is 2.49. The second-order valence-electron chi connectivity index (χ2n) is 5.14. The number of halogens is 1. The number of likely N-dealkylation sites (tertiary alicyclic amines) is 1. The van der Waals surface area contributed by atoms with E-state index in [0.29, 0.717) is 12.8 Å². The molecule has 1 saturated heterocycles. The average Bonchev–Trinajstić information content (AvgIpc) is 2.15. The lowest BCUT2D eigenvalue weighted by molar-refractivity contribution is -0.00974. The number of carbonyl (C=O) groups is 1. The van der Waals surface area contributed by atoms with Crippen LogP contribution < -0.4 is 0 Å². The standard InChI is InChI=1S/C11H20FNO3/c1-11(2,3)16-10(15)13-6-8(12)4-5-9(13)7-14/h8-9,14H,4-7H2,1-3H3/t8-,9+/m0/s1. The summed E-state index contributed by atoms with van der Waals surface area (Å²) in [5.74, 6) is 0. The molecule has 1 fully saturated rings. The van der Waals surface area contributed by atoms with Gasteiger partial charge in [-0.25, -0.2) is 9.18 Å².